The molecule has 1 heterocycles. The Labute approximate surface area is 154 Å². The number of hydrogen-bond donors (Lipinski definition) is 1. The Hall–Kier alpha value is -2.47. The summed E-state index contributed by atoms with van der Waals surface area (Å²) in [7, 11) is 0. The number of nitrogens with zero attached hydrogens (tertiary/aromatic N) is 1. The molecule has 0 fully saturated rings. The molecule has 0 unspecified atom stereocenters. The summed E-state index contributed by atoms with van der Waals surface area (Å²) in [6.07, 6.45) is 7.55. The molecule has 0 radical (unpaired) electrons. The van der Waals surface area contributed by atoms with Crippen LogP contribution in [-0.2, 0) is 0 Å². The van der Waals surface area contributed by atoms with Gasteiger partial charge in [-0.15, -0.1) is 0 Å². The molecular formula is C20H15IN2O. The summed E-state index contributed by atoms with van der Waals surface area (Å²) in [4.78, 5) is 16.2. The number of pyridine rings is 1. The normalized spacial score (nSPS) is 10.7. The topological polar surface area (TPSA) is 42.0 Å². The van der Waals surface area contributed by atoms with E-state index in [4.69, 9.17) is 0 Å². The molecule has 0 spiro atoms. The molecule has 4 heteroatoms. The summed E-state index contributed by atoms with van der Waals surface area (Å²) >= 11 is 2.23. The van der Waals surface area contributed by atoms with E-state index in [1.807, 2.05) is 72.8 Å². The highest BCUT2D eigenvalue weighted by molar-refractivity contribution is 14.1. The average Bonchev–Trinajstić information content (AvgIpc) is 2.63. The lowest BCUT2D eigenvalue weighted by molar-refractivity contribution is 0.102. The maximum Gasteiger partial charge on any atom is 0.255 e. The molecule has 0 bridgehead atoms. The minimum atomic E-state index is -0.110. The zero-order valence-electron chi connectivity index (χ0n) is 12.8. The Morgan fingerprint density at radius 2 is 1.42 bits per heavy atom. The largest absolute Gasteiger partial charge is 0.322 e. The number of anilines is 1. The van der Waals surface area contributed by atoms with E-state index >= 15 is 0 Å². The van der Waals surface area contributed by atoms with Crippen LogP contribution < -0.4 is 5.32 Å². The van der Waals surface area contributed by atoms with E-state index in [9.17, 15) is 4.79 Å². The molecular weight excluding hydrogens is 411 g/mol. The lowest BCUT2D eigenvalue weighted by Gasteiger charge is -2.05. The number of aromatic nitrogens is 1. The van der Waals surface area contributed by atoms with Crippen molar-refractivity contribution in [3.05, 3.63) is 93.3 Å². The third kappa shape index (κ3) is 4.52. The van der Waals surface area contributed by atoms with Gasteiger partial charge in [-0.2, -0.15) is 0 Å². The Morgan fingerprint density at radius 3 is 2.04 bits per heavy atom. The average molecular weight is 426 g/mol. The lowest BCUT2D eigenvalue weighted by atomic mass is 10.1. The van der Waals surface area contributed by atoms with Crippen LogP contribution in [0.1, 0.15) is 21.5 Å². The zero-order valence-corrected chi connectivity index (χ0v) is 15.0. The van der Waals surface area contributed by atoms with Crippen LogP contribution >= 0.6 is 22.6 Å². The second kappa shape index (κ2) is 7.88. The predicted molar refractivity (Wildman–Crippen MR) is 107 cm³/mol. The van der Waals surface area contributed by atoms with Gasteiger partial charge in [0.25, 0.3) is 5.91 Å². The van der Waals surface area contributed by atoms with Gasteiger partial charge in [-0.25, -0.2) is 0 Å². The maximum atomic E-state index is 12.3. The quantitative estimate of drug-likeness (QED) is 0.590. The molecule has 24 heavy (non-hydrogen) atoms. The molecule has 0 atom stereocenters. The molecule has 0 aliphatic rings. The van der Waals surface area contributed by atoms with Crippen LogP contribution in [0.4, 0.5) is 5.69 Å². The third-order valence-electron chi connectivity index (χ3n) is 3.45. The van der Waals surface area contributed by atoms with Crippen molar-refractivity contribution < 1.29 is 4.79 Å². The Bertz CT molecular complexity index is 841. The number of benzene rings is 2. The summed E-state index contributed by atoms with van der Waals surface area (Å²) in [5.74, 6) is -0.110. The van der Waals surface area contributed by atoms with Crippen molar-refractivity contribution in [2.24, 2.45) is 0 Å². The van der Waals surface area contributed by atoms with Crippen LogP contribution in [0, 0.1) is 3.57 Å². The van der Waals surface area contributed by atoms with Crippen molar-refractivity contribution >= 4 is 46.3 Å². The second-order valence-corrected chi connectivity index (χ2v) is 6.44. The van der Waals surface area contributed by atoms with Crippen LogP contribution in [0.25, 0.3) is 12.2 Å². The van der Waals surface area contributed by atoms with Crippen LogP contribution in [0.2, 0.25) is 0 Å². The number of halogens is 1. The summed E-state index contributed by atoms with van der Waals surface area (Å²) in [6, 6.07) is 19.1. The van der Waals surface area contributed by atoms with Crippen molar-refractivity contribution in [3.63, 3.8) is 0 Å². The molecule has 1 amide bonds. The second-order valence-electron chi connectivity index (χ2n) is 5.20. The highest BCUT2D eigenvalue weighted by Gasteiger charge is 2.05. The van der Waals surface area contributed by atoms with Crippen molar-refractivity contribution in [1.29, 1.82) is 0 Å². The smallest absolute Gasteiger partial charge is 0.255 e. The predicted octanol–water partition coefficient (Wildman–Crippen LogP) is 5.11. The monoisotopic (exact) mass is 426 g/mol. The first kappa shape index (κ1) is 16.4. The molecule has 3 nitrogen and oxygen atoms in total. The number of carbonyl (C=O) groups is 1. The molecule has 0 saturated heterocycles. The van der Waals surface area contributed by atoms with Crippen molar-refractivity contribution in [2.45, 2.75) is 0 Å². The molecule has 1 aromatic heterocycles. The van der Waals surface area contributed by atoms with Gasteiger partial charge in [-0.1, -0.05) is 24.3 Å². The van der Waals surface area contributed by atoms with Gasteiger partial charge in [-0.3, -0.25) is 9.78 Å². The number of hydrogen-bond acceptors (Lipinski definition) is 2. The Morgan fingerprint density at radius 1 is 0.833 bits per heavy atom. The van der Waals surface area contributed by atoms with E-state index in [0.717, 1.165) is 20.4 Å². The molecule has 3 rings (SSSR count). The van der Waals surface area contributed by atoms with Crippen LogP contribution in [0.15, 0.2) is 73.1 Å². The summed E-state index contributed by atoms with van der Waals surface area (Å²) in [6.45, 7) is 0. The third-order valence-corrected chi connectivity index (χ3v) is 4.17. The van der Waals surface area contributed by atoms with Gasteiger partial charge < -0.3 is 5.32 Å². The molecule has 2 aromatic carbocycles. The maximum absolute atomic E-state index is 12.3. The summed E-state index contributed by atoms with van der Waals surface area (Å²) in [5.41, 5.74) is 3.56. The van der Waals surface area contributed by atoms with Gasteiger partial charge >= 0.3 is 0 Å². The molecule has 118 valence electrons. The summed E-state index contributed by atoms with van der Waals surface area (Å²) < 4.78 is 1.14. The van der Waals surface area contributed by atoms with Crippen LogP contribution in [0.5, 0.6) is 0 Å². The number of carbonyl (C=O) groups excluding carboxylic acids is 1. The standard InChI is InChI=1S/C20H15IN2O/c21-18-7-9-19(10-8-18)23-20(24)17-5-3-15(4-6-17)1-2-16-11-13-22-14-12-16/h1-14H,(H,23,24)/b2-1+. The van der Waals surface area contributed by atoms with Crippen molar-refractivity contribution in [3.8, 4) is 0 Å². The van der Waals surface area contributed by atoms with E-state index in [1.165, 1.54) is 0 Å². The van der Waals surface area contributed by atoms with E-state index in [2.05, 4.69) is 32.9 Å². The number of rotatable bonds is 4. The first-order chi connectivity index (χ1) is 11.7. The van der Waals surface area contributed by atoms with Crippen molar-refractivity contribution in [1.82, 2.24) is 4.98 Å². The van der Waals surface area contributed by atoms with E-state index < -0.39 is 0 Å². The van der Waals surface area contributed by atoms with E-state index in [1.54, 1.807) is 12.4 Å². The van der Waals surface area contributed by atoms with E-state index in [0.29, 0.717) is 5.56 Å². The van der Waals surface area contributed by atoms with Gasteiger partial charge in [0.05, 0.1) is 0 Å². The first-order valence-corrected chi connectivity index (χ1v) is 8.54. The SMILES string of the molecule is O=C(Nc1ccc(I)cc1)c1ccc(/C=C/c2ccncc2)cc1. The number of amides is 1. The van der Waals surface area contributed by atoms with Gasteiger partial charge in [0, 0.05) is 27.2 Å². The van der Waals surface area contributed by atoms with Gasteiger partial charge in [0.1, 0.15) is 0 Å². The highest BCUT2D eigenvalue weighted by atomic mass is 127. The molecule has 0 aliphatic carbocycles. The fourth-order valence-corrected chi connectivity index (χ4v) is 2.51. The van der Waals surface area contributed by atoms with E-state index in [-0.39, 0.29) is 5.91 Å². The van der Waals surface area contributed by atoms with Gasteiger partial charge in [-0.05, 0) is 82.2 Å². The first-order valence-electron chi connectivity index (χ1n) is 7.46. The van der Waals surface area contributed by atoms with Crippen molar-refractivity contribution in [2.75, 3.05) is 5.32 Å². The fraction of sp³-hybridized carbons (Fsp3) is 0. The zero-order chi connectivity index (χ0) is 16.8. The summed E-state index contributed by atoms with van der Waals surface area (Å²) in [5, 5.41) is 2.90. The minimum absolute atomic E-state index is 0.110. The molecule has 0 aliphatic heterocycles. The molecule has 1 N–H and O–H groups in total. The van der Waals surface area contributed by atoms with Gasteiger partial charge in [0.2, 0.25) is 0 Å². The lowest BCUT2D eigenvalue weighted by Crippen LogP contribution is -2.11. The fourth-order valence-electron chi connectivity index (χ4n) is 2.15. The number of nitrogens with one attached hydrogen (secondary N) is 1. The Kier molecular flexibility index (Phi) is 5.38. The Balaban J connectivity index is 1.66. The molecule has 0 saturated carbocycles. The minimum Gasteiger partial charge on any atom is -0.322 e. The van der Waals surface area contributed by atoms with Crippen LogP contribution in [-0.4, -0.2) is 10.9 Å². The van der Waals surface area contributed by atoms with Gasteiger partial charge in [0.15, 0.2) is 0 Å². The van der Waals surface area contributed by atoms with Crippen LogP contribution in [0.3, 0.4) is 0 Å². The highest BCUT2D eigenvalue weighted by Crippen LogP contribution is 2.14. The molecule has 3 aromatic rings.